The van der Waals surface area contributed by atoms with Crippen molar-refractivity contribution < 1.29 is 14.3 Å². The van der Waals surface area contributed by atoms with E-state index in [1.54, 1.807) is 20.8 Å². The number of ether oxygens (including phenoxy) is 2. The summed E-state index contributed by atoms with van der Waals surface area (Å²) in [5.41, 5.74) is 1.71. The lowest BCUT2D eigenvalue weighted by Crippen LogP contribution is -2.41. The lowest BCUT2D eigenvalue weighted by Gasteiger charge is -2.30. The molecule has 27 heavy (non-hydrogen) atoms. The minimum absolute atomic E-state index is 0.151. The summed E-state index contributed by atoms with van der Waals surface area (Å²) in [5.74, 6) is 0.799. The van der Waals surface area contributed by atoms with Gasteiger partial charge in [-0.3, -0.25) is 4.79 Å². The van der Waals surface area contributed by atoms with E-state index in [0.717, 1.165) is 22.5 Å². The van der Waals surface area contributed by atoms with Gasteiger partial charge >= 0.3 is 0 Å². The molecule has 1 saturated heterocycles. The van der Waals surface area contributed by atoms with Gasteiger partial charge in [-0.05, 0) is 26.3 Å². The van der Waals surface area contributed by atoms with Crippen molar-refractivity contribution in [3.05, 3.63) is 22.1 Å². The fourth-order valence-corrected chi connectivity index (χ4v) is 4.88. The van der Waals surface area contributed by atoms with Crippen molar-refractivity contribution in [2.24, 2.45) is 0 Å². The molecule has 5 heterocycles. The number of amides is 1. The van der Waals surface area contributed by atoms with Gasteiger partial charge in [-0.1, -0.05) is 0 Å². The minimum Gasteiger partial charge on any atom is -0.378 e. The van der Waals surface area contributed by atoms with Gasteiger partial charge in [-0.25, -0.2) is 9.97 Å². The number of fused-ring (bicyclic) bond motifs is 5. The van der Waals surface area contributed by atoms with E-state index in [2.05, 4.69) is 23.9 Å². The predicted octanol–water partition coefficient (Wildman–Crippen LogP) is 1.97. The summed E-state index contributed by atoms with van der Waals surface area (Å²) in [6.07, 6.45) is 0.794. The molecule has 0 aromatic carbocycles. The number of hydrogen-bond acceptors (Lipinski definition) is 7. The van der Waals surface area contributed by atoms with E-state index < -0.39 is 0 Å². The Labute approximate surface area is 160 Å². The second kappa shape index (κ2) is 5.95. The number of aromatic nitrogens is 4. The first-order chi connectivity index (χ1) is 12.9. The van der Waals surface area contributed by atoms with Crippen LogP contribution in [0.4, 0.5) is 0 Å². The standard InChI is InChI=1S/C18H21N5O3S/c1-10-19-16-13(11-8-18(2,3)26-9-12(11)27-16)15-20-14(21-23(10)15)17(24)22-4-6-25-7-5-22/h4-9H2,1-3H3. The number of hydrogen-bond donors (Lipinski definition) is 0. The third-order valence-electron chi connectivity index (χ3n) is 5.16. The summed E-state index contributed by atoms with van der Waals surface area (Å²) in [7, 11) is 0. The van der Waals surface area contributed by atoms with Crippen LogP contribution in [0.2, 0.25) is 0 Å². The van der Waals surface area contributed by atoms with Crippen molar-refractivity contribution in [2.75, 3.05) is 26.3 Å². The monoisotopic (exact) mass is 387 g/mol. The van der Waals surface area contributed by atoms with Gasteiger partial charge in [0.25, 0.3) is 5.91 Å². The molecular weight excluding hydrogens is 366 g/mol. The SMILES string of the molecule is Cc1nc2sc3c(c2c2nc(C(=O)N4CCOCC4)nn12)CC(C)(C)OC3. The molecule has 0 saturated carbocycles. The highest BCUT2D eigenvalue weighted by Crippen LogP contribution is 2.39. The lowest BCUT2D eigenvalue weighted by atomic mass is 9.94. The summed E-state index contributed by atoms with van der Waals surface area (Å²) in [4.78, 5) is 26.1. The van der Waals surface area contributed by atoms with Crippen LogP contribution in [-0.2, 0) is 22.5 Å². The highest BCUT2D eigenvalue weighted by atomic mass is 32.1. The van der Waals surface area contributed by atoms with Crippen molar-refractivity contribution in [1.82, 2.24) is 24.5 Å². The Bertz CT molecular complexity index is 1060. The van der Waals surface area contributed by atoms with Crippen LogP contribution in [0.25, 0.3) is 15.9 Å². The zero-order valence-corrected chi connectivity index (χ0v) is 16.4. The van der Waals surface area contributed by atoms with E-state index in [0.29, 0.717) is 38.6 Å². The third kappa shape index (κ3) is 2.72. The second-order valence-corrected chi connectivity index (χ2v) is 8.73. The Kier molecular flexibility index (Phi) is 3.75. The molecule has 0 atom stereocenters. The topological polar surface area (TPSA) is 81.9 Å². The van der Waals surface area contributed by atoms with Gasteiger partial charge in [0.05, 0.1) is 30.8 Å². The van der Waals surface area contributed by atoms with E-state index in [9.17, 15) is 4.79 Å². The Morgan fingerprint density at radius 1 is 1.22 bits per heavy atom. The van der Waals surface area contributed by atoms with E-state index in [1.165, 1.54) is 10.4 Å². The van der Waals surface area contributed by atoms with E-state index in [4.69, 9.17) is 14.5 Å². The summed E-state index contributed by atoms with van der Waals surface area (Å²) in [6.45, 7) is 8.91. The van der Waals surface area contributed by atoms with Crippen LogP contribution in [0, 0.1) is 6.92 Å². The van der Waals surface area contributed by atoms with Crippen LogP contribution in [-0.4, -0.2) is 62.3 Å². The zero-order valence-electron chi connectivity index (χ0n) is 15.6. The van der Waals surface area contributed by atoms with Gasteiger partial charge in [0.1, 0.15) is 10.7 Å². The number of carbonyl (C=O) groups is 1. The number of carbonyl (C=O) groups excluding carboxylic acids is 1. The molecular formula is C18H21N5O3S. The smallest absolute Gasteiger partial charge is 0.293 e. The molecule has 8 nitrogen and oxygen atoms in total. The summed E-state index contributed by atoms with van der Waals surface area (Å²) < 4.78 is 13.0. The van der Waals surface area contributed by atoms with Crippen LogP contribution in [0.3, 0.4) is 0 Å². The number of aryl methyl sites for hydroxylation is 1. The number of nitrogens with zero attached hydrogens (tertiary/aromatic N) is 5. The van der Waals surface area contributed by atoms with Gasteiger partial charge in [-0.2, -0.15) is 4.52 Å². The molecule has 142 valence electrons. The largest absolute Gasteiger partial charge is 0.378 e. The Morgan fingerprint density at radius 2 is 2.00 bits per heavy atom. The van der Waals surface area contributed by atoms with Crippen LogP contribution >= 0.6 is 11.3 Å². The van der Waals surface area contributed by atoms with E-state index in [-0.39, 0.29) is 17.3 Å². The maximum atomic E-state index is 12.8. The highest BCUT2D eigenvalue weighted by molar-refractivity contribution is 7.19. The molecule has 5 rings (SSSR count). The quantitative estimate of drug-likeness (QED) is 0.635. The van der Waals surface area contributed by atoms with Crippen molar-refractivity contribution in [3.63, 3.8) is 0 Å². The van der Waals surface area contributed by atoms with Crippen molar-refractivity contribution in [2.45, 2.75) is 39.4 Å². The molecule has 0 spiro atoms. The molecule has 2 aliphatic rings. The molecule has 9 heteroatoms. The normalized spacial score (nSPS) is 19.6. The van der Waals surface area contributed by atoms with Crippen LogP contribution in [0.15, 0.2) is 0 Å². The average Bonchev–Trinajstić information content (AvgIpc) is 3.22. The number of rotatable bonds is 1. The van der Waals surface area contributed by atoms with Gasteiger partial charge in [0, 0.05) is 24.4 Å². The van der Waals surface area contributed by atoms with E-state index >= 15 is 0 Å². The Hall–Kier alpha value is -2.10. The summed E-state index contributed by atoms with van der Waals surface area (Å²) in [6, 6.07) is 0. The van der Waals surface area contributed by atoms with Crippen molar-refractivity contribution in [1.29, 1.82) is 0 Å². The molecule has 3 aromatic rings. The third-order valence-corrected chi connectivity index (χ3v) is 6.26. The second-order valence-electron chi connectivity index (χ2n) is 7.64. The maximum Gasteiger partial charge on any atom is 0.293 e. The van der Waals surface area contributed by atoms with E-state index in [1.807, 2.05) is 6.92 Å². The molecule has 2 aliphatic heterocycles. The molecule has 0 bridgehead atoms. The molecule has 0 N–H and O–H groups in total. The summed E-state index contributed by atoms with van der Waals surface area (Å²) in [5, 5.41) is 5.49. The Balaban J connectivity index is 1.67. The first-order valence-electron chi connectivity index (χ1n) is 9.11. The molecule has 0 radical (unpaired) electrons. The number of morpholine rings is 1. The minimum atomic E-state index is -0.227. The first kappa shape index (κ1) is 17.0. The molecule has 1 amide bonds. The average molecular weight is 387 g/mol. The number of thiophene rings is 1. The van der Waals surface area contributed by atoms with Gasteiger partial charge in [0.15, 0.2) is 5.65 Å². The lowest BCUT2D eigenvalue weighted by molar-refractivity contribution is -0.0379. The fourth-order valence-electron chi connectivity index (χ4n) is 3.74. The van der Waals surface area contributed by atoms with Gasteiger partial charge in [0.2, 0.25) is 5.82 Å². The fraction of sp³-hybridized carbons (Fsp3) is 0.556. The van der Waals surface area contributed by atoms with Crippen LogP contribution < -0.4 is 0 Å². The van der Waals surface area contributed by atoms with Crippen molar-refractivity contribution in [3.8, 4) is 0 Å². The van der Waals surface area contributed by atoms with Crippen molar-refractivity contribution >= 4 is 33.1 Å². The molecule has 0 unspecified atom stereocenters. The Morgan fingerprint density at radius 3 is 2.78 bits per heavy atom. The molecule has 0 aliphatic carbocycles. The maximum absolute atomic E-state index is 12.8. The molecule has 3 aromatic heterocycles. The van der Waals surface area contributed by atoms with Crippen LogP contribution in [0.1, 0.15) is 40.7 Å². The highest BCUT2D eigenvalue weighted by Gasteiger charge is 2.32. The predicted molar refractivity (Wildman–Crippen MR) is 100 cm³/mol. The van der Waals surface area contributed by atoms with Gasteiger partial charge < -0.3 is 14.4 Å². The van der Waals surface area contributed by atoms with Gasteiger partial charge in [-0.15, -0.1) is 16.4 Å². The summed E-state index contributed by atoms with van der Waals surface area (Å²) >= 11 is 1.65. The zero-order chi connectivity index (χ0) is 18.8. The molecule has 1 fully saturated rings. The van der Waals surface area contributed by atoms with Crippen LogP contribution in [0.5, 0.6) is 0 Å². The first-order valence-corrected chi connectivity index (χ1v) is 9.93.